The van der Waals surface area contributed by atoms with E-state index in [0.717, 1.165) is 40.4 Å². The fourth-order valence-corrected chi connectivity index (χ4v) is 2.69. The predicted molar refractivity (Wildman–Crippen MR) is 93.3 cm³/mol. The fraction of sp³-hybridized carbons (Fsp3) is 0.222. The molecule has 0 spiro atoms. The number of pyridine rings is 3. The summed E-state index contributed by atoms with van der Waals surface area (Å²) in [5, 5.41) is 4.52. The summed E-state index contributed by atoms with van der Waals surface area (Å²) in [4.78, 5) is 24.8. The maximum Gasteiger partial charge on any atom is 0.228 e. The van der Waals surface area contributed by atoms with Crippen LogP contribution in [0.3, 0.4) is 0 Å². The Morgan fingerprint density at radius 1 is 1.29 bits per heavy atom. The van der Waals surface area contributed by atoms with Gasteiger partial charge in [0.15, 0.2) is 0 Å². The molecule has 3 heterocycles. The van der Waals surface area contributed by atoms with Crippen LogP contribution in [0.15, 0.2) is 36.8 Å². The quantitative estimate of drug-likeness (QED) is 0.774. The molecule has 1 fully saturated rings. The van der Waals surface area contributed by atoms with Gasteiger partial charge in [-0.15, -0.1) is 0 Å². The molecule has 1 saturated carbocycles. The van der Waals surface area contributed by atoms with Gasteiger partial charge in [0.2, 0.25) is 5.91 Å². The highest BCUT2D eigenvalue weighted by Crippen LogP contribution is 2.31. The summed E-state index contributed by atoms with van der Waals surface area (Å²) in [6, 6.07) is 5.72. The molecular weight excluding hydrogens is 302 g/mol. The topological polar surface area (TPSA) is 93.8 Å². The number of nitrogen functional groups attached to an aromatic ring is 1. The number of hydrogen-bond acceptors (Lipinski definition) is 5. The number of nitrogens with one attached hydrogen (secondary N) is 1. The van der Waals surface area contributed by atoms with Crippen molar-refractivity contribution in [1.29, 1.82) is 0 Å². The predicted octanol–water partition coefficient (Wildman–Crippen LogP) is 2.93. The summed E-state index contributed by atoms with van der Waals surface area (Å²) in [6.45, 7) is 2.01. The van der Waals surface area contributed by atoms with Gasteiger partial charge in [0.25, 0.3) is 0 Å². The maximum atomic E-state index is 11.9. The van der Waals surface area contributed by atoms with E-state index in [-0.39, 0.29) is 11.8 Å². The third-order valence-electron chi connectivity index (χ3n) is 4.26. The van der Waals surface area contributed by atoms with Crippen molar-refractivity contribution in [2.75, 3.05) is 11.1 Å². The number of aromatic nitrogens is 3. The summed E-state index contributed by atoms with van der Waals surface area (Å²) in [5.74, 6) is 1.13. The van der Waals surface area contributed by atoms with Crippen LogP contribution >= 0.6 is 0 Å². The Kier molecular flexibility index (Phi) is 3.37. The van der Waals surface area contributed by atoms with Gasteiger partial charge in [0.05, 0.1) is 5.69 Å². The van der Waals surface area contributed by atoms with Crippen molar-refractivity contribution < 1.29 is 4.79 Å². The molecule has 1 amide bonds. The molecule has 0 aromatic carbocycles. The van der Waals surface area contributed by atoms with E-state index in [2.05, 4.69) is 20.3 Å². The van der Waals surface area contributed by atoms with Gasteiger partial charge in [0, 0.05) is 35.5 Å². The smallest absolute Gasteiger partial charge is 0.228 e. The van der Waals surface area contributed by atoms with Crippen LogP contribution in [0, 0.1) is 12.8 Å². The molecule has 0 atom stereocenters. The van der Waals surface area contributed by atoms with E-state index in [1.807, 2.05) is 25.1 Å². The largest absolute Gasteiger partial charge is 0.383 e. The molecule has 6 heteroatoms. The van der Waals surface area contributed by atoms with Crippen molar-refractivity contribution in [3.63, 3.8) is 0 Å². The van der Waals surface area contributed by atoms with Gasteiger partial charge in [-0.1, -0.05) is 0 Å². The minimum Gasteiger partial charge on any atom is -0.383 e. The molecule has 1 aliphatic carbocycles. The zero-order valence-electron chi connectivity index (χ0n) is 13.3. The molecule has 0 aliphatic heterocycles. The summed E-state index contributed by atoms with van der Waals surface area (Å²) in [6.07, 6.45) is 7.10. The zero-order chi connectivity index (χ0) is 16.7. The summed E-state index contributed by atoms with van der Waals surface area (Å²) in [5.41, 5.74) is 8.87. The first-order chi connectivity index (χ1) is 11.6. The number of nitrogens with zero attached hydrogens (tertiary/aromatic N) is 3. The lowest BCUT2D eigenvalue weighted by molar-refractivity contribution is -0.117. The highest BCUT2D eigenvalue weighted by molar-refractivity contribution is 5.98. The SMILES string of the molecule is Cc1ccncc1-c1cc2cc(NC(=O)C3CC3)ncc2c(N)n1. The Labute approximate surface area is 139 Å². The maximum absolute atomic E-state index is 11.9. The van der Waals surface area contributed by atoms with Crippen LogP contribution in [0.1, 0.15) is 18.4 Å². The van der Waals surface area contributed by atoms with E-state index in [4.69, 9.17) is 5.73 Å². The average Bonchev–Trinajstić information content (AvgIpc) is 3.40. The number of hydrogen-bond donors (Lipinski definition) is 2. The molecular formula is C18H17N5O. The number of aryl methyl sites for hydroxylation is 1. The van der Waals surface area contributed by atoms with Crippen LogP contribution in [0.5, 0.6) is 0 Å². The second kappa shape index (κ2) is 5.56. The highest BCUT2D eigenvalue weighted by atomic mass is 16.2. The van der Waals surface area contributed by atoms with E-state index in [1.165, 1.54) is 0 Å². The molecule has 0 unspecified atom stereocenters. The number of fused-ring (bicyclic) bond motifs is 1. The Morgan fingerprint density at radius 2 is 2.12 bits per heavy atom. The molecule has 0 radical (unpaired) electrons. The number of nitrogens with two attached hydrogens (primary N) is 1. The summed E-state index contributed by atoms with van der Waals surface area (Å²) in [7, 11) is 0. The first-order valence-electron chi connectivity index (χ1n) is 7.90. The second-order valence-electron chi connectivity index (χ2n) is 6.14. The van der Waals surface area contributed by atoms with Crippen molar-refractivity contribution >= 4 is 28.3 Å². The van der Waals surface area contributed by atoms with Gasteiger partial charge < -0.3 is 11.1 Å². The minimum atomic E-state index is 0.0344. The number of rotatable bonds is 3. The summed E-state index contributed by atoms with van der Waals surface area (Å²) < 4.78 is 0. The minimum absolute atomic E-state index is 0.0344. The third-order valence-corrected chi connectivity index (χ3v) is 4.26. The molecule has 3 aromatic heterocycles. The molecule has 0 saturated heterocycles. The van der Waals surface area contributed by atoms with Gasteiger partial charge in [-0.05, 0) is 48.9 Å². The van der Waals surface area contributed by atoms with Crippen LogP contribution in [0.2, 0.25) is 0 Å². The van der Waals surface area contributed by atoms with Crippen LogP contribution in [-0.2, 0) is 4.79 Å². The lowest BCUT2D eigenvalue weighted by atomic mass is 10.1. The van der Waals surface area contributed by atoms with Gasteiger partial charge in [-0.2, -0.15) is 0 Å². The molecule has 3 N–H and O–H groups in total. The number of carbonyl (C=O) groups is 1. The number of carbonyl (C=O) groups excluding carboxylic acids is 1. The van der Waals surface area contributed by atoms with Crippen LogP contribution < -0.4 is 11.1 Å². The van der Waals surface area contributed by atoms with E-state index in [1.54, 1.807) is 18.6 Å². The number of anilines is 2. The zero-order valence-corrected chi connectivity index (χ0v) is 13.3. The third kappa shape index (κ3) is 2.67. The Hall–Kier alpha value is -3.02. The first-order valence-corrected chi connectivity index (χ1v) is 7.90. The Balaban J connectivity index is 1.77. The van der Waals surface area contributed by atoms with E-state index in [9.17, 15) is 4.79 Å². The van der Waals surface area contributed by atoms with Crippen molar-refractivity contribution in [1.82, 2.24) is 15.0 Å². The molecule has 120 valence electrons. The van der Waals surface area contributed by atoms with E-state index in [0.29, 0.717) is 11.6 Å². The van der Waals surface area contributed by atoms with Crippen molar-refractivity contribution in [3.05, 3.63) is 42.4 Å². The number of amides is 1. The first kappa shape index (κ1) is 14.6. The van der Waals surface area contributed by atoms with E-state index < -0.39 is 0 Å². The van der Waals surface area contributed by atoms with Crippen molar-refractivity contribution in [3.8, 4) is 11.3 Å². The lowest BCUT2D eigenvalue weighted by Crippen LogP contribution is -2.14. The molecule has 4 rings (SSSR count). The second-order valence-corrected chi connectivity index (χ2v) is 6.14. The lowest BCUT2D eigenvalue weighted by Gasteiger charge is -2.10. The Morgan fingerprint density at radius 3 is 2.88 bits per heavy atom. The van der Waals surface area contributed by atoms with Gasteiger partial charge >= 0.3 is 0 Å². The standard InChI is InChI=1S/C18H17N5O/c1-10-4-5-20-8-13(10)15-6-12-7-16(23-18(24)11-2-3-11)21-9-14(12)17(19)22-15/h4-9,11H,2-3H2,1H3,(H2,19,22)(H,21,23,24). The van der Waals surface area contributed by atoms with Crippen LogP contribution in [-0.4, -0.2) is 20.9 Å². The monoisotopic (exact) mass is 319 g/mol. The normalized spacial score (nSPS) is 13.9. The van der Waals surface area contributed by atoms with Gasteiger partial charge in [0.1, 0.15) is 11.6 Å². The van der Waals surface area contributed by atoms with Gasteiger partial charge in [-0.25, -0.2) is 9.97 Å². The fourth-order valence-electron chi connectivity index (χ4n) is 2.69. The Bertz CT molecular complexity index is 949. The highest BCUT2D eigenvalue weighted by Gasteiger charge is 2.29. The molecule has 6 nitrogen and oxygen atoms in total. The van der Waals surface area contributed by atoms with Crippen molar-refractivity contribution in [2.24, 2.45) is 5.92 Å². The molecule has 3 aromatic rings. The van der Waals surface area contributed by atoms with E-state index >= 15 is 0 Å². The molecule has 1 aliphatic rings. The van der Waals surface area contributed by atoms with Crippen LogP contribution in [0.4, 0.5) is 11.6 Å². The average molecular weight is 319 g/mol. The van der Waals surface area contributed by atoms with Gasteiger partial charge in [-0.3, -0.25) is 9.78 Å². The van der Waals surface area contributed by atoms with Crippen LogP contribution in [0.25, 0.3) is 22.0 Å². The molecule has 0 bridgehead atoms. The molecule has 24 heavy (non-hydrogen) atoms. The summed E-state index contributed by atoms with van der Waals surface area (Å²) >= 11 is 0. The van der Waals surface area contributed by atoms with Crippen molar-refractivity contribution in [2.45, 2.75) is 19.8 Å².